The molecule has 0 aromatic carbocycles. The van der Waals surface area contributed by atoms with E-state index in [9.17, 15) is 14.7 Å². The van der Waals surface area contributed by atoms with E-state index in [0.29, 0.717) is 6.54 Å². The number of carbonyl (C=O) groups excluding carboxylic acids is 1. The van der Waals surface area contributed by atoms with Crippen molar-refractivity contribution >= 4 is 12.0 Å². The van der Waals surface area contributed by atoms with Gasteiger partial charge in [0.2, 0.25) is 0 Å². The molecule has 0 aliphatic heterocycles. The lowest BCUT2D eigenvalue weighted by atomic mass is 9.84. The average molecular weight is 294 g/mol. The highest BCUT2D eigenvalue weighted by Crippen LogP contribution is 2.26. The van der Waals surface area contributed by atoms with Crippen molar-refractivity contribution in [2.45, 2.75) is 44.7 Å². The molecule has 1 fully saturated rings. The Morgan fingerprint density at radius 2 is 2.14 bits per heavy atom. The summed E-state index contributed by atoms with van der Waals surface area (Å²) in [5, 5.41) is 12.0. The maximum Gasteiger partial charge on any atom is 0.326 e. The van der Waals surface area contributed by atoms with Gasteiger partial charge in [-0.05, 0) is 24.8 Å². The van der Waals surface area contributed by atoms with Crippen molar-refractivity contribution < 1.29 is 19.1 Å². The van der Waals surface area contributed by atoms with Crippen LogP contribution in [0.25, 0.3) is 0 Å². The van der Waals surface area contributed by atoms with Crippen LogP contribution in [0.2, 0.25) is 0 Å². The highest BCUT2D eigenvalue weighted by atomic mass is 16.4. The number of carbonyl (C=O) groups is 2. The maximum atomic E-state index is 12.1. The van der Waals surface area contributed by atoms with Crippen LogP contribution in [-0.2, 0) is 11.3 Å². The fourth-order valence-corrected chi connectivity index (χ4v) is 2.82. The van der Waals surface area contributed by atoms with Gasteiger partial charge >= 0.3 is 12.0 Å². The first-order valence-electron chi connectivity index (χ1n) is 7.33. The fraction of sp³-hybridized carbons (Fsp3) is 0.600. The Hall–Kier alpha value is -1.98. The van der Waals surface area contributed by atoms with Crippen molar-refractivity contribution in [3.63, 3.8) is 0 Å². The first-order valence-corrected chi connectivity index (χ1v) is 7.33. The molecule has 0 bridgehead atoms. The van der Waals surface area contributed by atoms with E-state index in [-0.39, 0.29) is 11.9 Å². The molecule has 0 radical (unpaired) electrons. The van der Waals surface area contributed by atoms with Gasteiger partial charge in [-0.3, -0.25) is 0 Å². The van der Waals surface area contributed by atoms with E-state index in [1.54, 1.807) is 25.6 Å². The smallest absolute Gasteiger partial charge is 0.326 e. The molecule has 1 saturated carbocycles. The van der Waals surface area contributed by atoms with Crippen molar-refractivity contribution in [3.8, 4) is 0 Å². The van der Waals surface area contributed by atoms with E-state index in [1.165, 1.54) is 4.90 Å². The van der Waals surface area contributed by atoms with Crippen LogP contribution in [0.3, 0.4) is 0 Å². The first kappa shape index (κ1) is 15.4. The van der Waals surface area contributed by atoms with Crippen LogP contribution in [0.15, 0.2) is 23.0 Å². The minimum atomic E-state index is -0.952. The summed E-state index contributed by atoms with van der Waals surface area (Å²) in [6.07, 6.45) is 8.07. The summed E-state index contributed by atoms with van der Waals surface area (Å²) in [5.74, 6) is -0.922. The topological polar surface area (TPSA) is 82.8 Å². The summed E-state index contributed by atoms with van der Waals surface area (Å²) in [5.41, 5.74) is 0.872. The monoisotopic (exact) mass is 294 g/mol. The Morgan fingerprint density at radius 3 is 2.71 bits per heavy atom. The molecule has 6 nitrogen and oxygen atoms in total. The van der Waals surface area contributed by atoms with Crippen LogP contribution < -0.4 is 5.32 Å². The van der Waals surface area contributed by atoms with E-state index in [0.717, 1.165) is 37.7 Å². The quantitative estimate of drug-likeness (QED) is 0.874. The number of aliphatic carboxylic acids is 1. The molecule has 2 amide bonds. The van der Waals surface area contributed by atoms with Crippen molar-refractivity contribution in [3.05, 3.63) is 24.2 Å². The van der Waals surface area contributed by atoms with Crippen LogP contribution >= 0.6 is 0 Å². The number of rotatable bonds is 5. The molecule has 1 atom stereocenters. The molecule has 116 valence electrons. The van der Waals surface area contributed by atoms with Crippen molar-refractivity contribution in [2.75, 3.05) is 7.05 Å². The molecule has 6 heteroatoms. The number of carboxylic acids is 1. The lowest BCUT2D eigenvalue weighted by Crippen LogP contribution is -2.50. The predicted octanol–water partition coefficient (Wildman–Crippen LogP) is 2.45. The number of nitrogens with one attached hydrogen (secondary N) is 1. The third-order valence-electron chi connectivity index (χ3n) is 4.01. The van der Waals surface area contributed by atoms with Gasteiger partial charge < -0.3 is 19.7 Å². The van der Waals surface area contributed by atoms with Gasteiger partial charge in [0, 0.05) is 12.6 Å². The number of hydrogen-bond donors (Lipinski definition) is 2. The molecule has 1 heterocycles. The summed E-state index contributed by atoms with van der Waals surface area (Å²) < 4.78 is 4.96. The zero-order valence-electron chi connectivity index (χ0n) is 12.2. The van der Waals surface area contributed by atoms with Gasteiger partial charge in [0.05, 0.1) is 19.1 Å². The third-order valence-corrected chi connectivity index (χ3v) is 4.01. The summed E-state index contributed by atoms with van der Waals surface area (Å²) in [7, 11) is 1.64. The number of urea groups is 1. The van der Waals surface area contributed by atoms with E-state index in [2.05, 4.69) is 5.32 Å². The predicted molar refractivity (Wildman–Crippen MR) is 76.7 cm³/mol. The number of furan rings is 1. The summed E-state index contributed by atoms with van der Waals surface area (Å²) in [6, 6.07) is 0.610. The van der Waals surface area contributed by atoms with Gasteiger partial charge in [-0.25, -0.2) is 9.59 Å². The van der Waals surface area contributed by atoms with Crippen LogP contribution in [0.1, 0.15) is 37.7 Å². The minimum absolute atomic E-state index is 0.0301. The molecule has 21 heavy (non-hydrogen) atoms. The molecule has 2 rings (SSSR count). The van der Waals surface area contributed by atoms with Gasteiger partial charge in [0.25, 0.3) is 0 Å². The third kappa shape index (κ3) is 4.24. The highest BCUT2D eigenvalue weighted by Gasteiger charge is 2.31. The molecular weight excluding hydrogens is 272 g/mol. The van der Waals surface area contributed by atoms with Crippen molar-refractivity contribution in [1.29, 1.82) is 0 Å². The van der Waals surface area contributed by atoms with Crippen molar-refractivity contribution in [2.24, 2.45) is 5.92 Å². The van der Waals surface area contributed by atoms with Gasteiger partial charge in [-0.2, -0.15) is 0 Å². The fourth-order valence-electron chi connectivity index (χ4n) is 2.82. The summed E-state index contributed by atoms with van der Waals surface area (Å²) in [4.78, 5) is 25.0. The van der Waals surface area contributed by atoms with Crippen molar-refractivity contribution in [1.82, 2.24) is 10.2 Å². The number of amides is 2. The Balaban J connectivity index is 1.92. The SMILES string of the molecule is CN(Cc1ccoc1)C(=O)NC(C(=O)O)C1CCCCC1. The molecule has 1 aromatic rings. The van der Waals surface area contributed by atoms with Crippen LogP contribution in [0.5, 0.6) is 0 Å². The van der Waals surface area contributed by atoms with Crippen LogP contribution in [-0.4, -0.2) is 35.1 Å². The van der Waals surface area contributed by atoms with E-state index in [1.807, 2.05) is 0 Å². The number of carboxylic acid groups (broad SMARTS) is 1. The highest BCUT2D eigenvalue weighted by molar-refractivity contribution is 5.82. The van der Waals surface area contributed by atoms with E-state index >= 15 is 0 Å². The molecule has 1 aromatic heterocycles. The Bertz CT molecular complexity index is 466. The molecule has 1 unspecified atom stereocenters. The van der Waals surface area contributed by atoms with Gasteiger partial charge in [-0.1, -0.05) is 19.3 Å². The second-order valence-electron chi connectivity index (χ2n) is 5.65. The molecular formula is C15H22N2O4. The van der Waals surface area contributed by atoms with Crippen LogP contribution in [0, 0.1) is 5.92 Å². The molecule has 2 N–H and O–H groups in total. The average Bonchev–Trinajstić information content (AvgIpc) is 2.98. The second kappa shape index (κ2) is 7.15. The standard InChI is InChI=1S/C15H22N2O4/c1-17(9-11-7-8-21-10-11)15(20)16-13(14(18)19)12-5-3-2-4-6-12/h7-8,10,12-13H,2-6,9H2,1H3,(H,16,20)(H,18,19). The zero-order valence-corrected chi connectivity index (χ0v) is 12.2. The Labute approximate surface area is 124 Å². The largest absolute Gasteiger partial charge is 0.480 e. The Morgan fingerprint density at radius 1 is 1.43 bits per heavy atom. The van der Waals surface area contributed by atoms with Crippen LogP contribution in [0.4, 0.5) is 4.79 Å². The van der Waals surface area contributed by atoms with Gasteiger partial charge in [0.15, 0.2) is 0 Å². The van der Waals surface area contributed by atoms with E-state index in [4.69, 9.17) is 4.42 Å². The normalized spacial score (nSPS) is 17.2. The molecule has 0 spiro atoms. The minimum Gasteiger partial charge on any atom is -0.480 e. The van der Waals surface area contributed by atoms with Gasteiger partial charge in [0.1, 0.15) is 6.04 Å². The summed E-state index contributed by atoms with van der Waals surface area (Å²) in [6.45, 7) is 0.388. The summed E-state index contributed by atoms with van der Waals surface area (Å²) >= 11 is 0. The Kier molecular flexibility index (Phi) is 5.25. The lowest BCUT2D eigenvalue weighted by Gasteiger charge is -2.29. The molecule has 1 aliphatic carbocycles. The second-order valence-corrected chi connectivity index (χ2v) is 5.65. The zero-order chi connectivity index (χ0) is 15.2. The first-order chi connectivity index (χ1) is 10.1. The number of nitrogens with zero attached hydrogens (tertiary/aromatic N) is 1. The molecule has 0 saturated heterocycles. The van der Waals surface area contributed by atoms with E-state index < -0.39 is 12.0 Å². The maximum absolute atomic E-state index is 12.1. The molecule has 1 aliphatic rings. The number of hydrogen-bond acceptors (Lipinski definition) is 3. The van der Waals surface area contributed by atoms with Gasteiger partial charge in [-0.15, -0.1) is 0 Å². The lowest BCUT2D eigenvalue weighted by molar-refractivity contribution is -0.141.